The maximum atomic E-state index is 6.42. The van der Waals surface area contributed by atoms with E-state index >= 15 is 0 Å². The molecule has 0 amide bonds. The van der Waals surface area contributed by atoms with Crippen molar-refractivity contribution in [2.24, 2.45) is 11.7 Å². The van der Waals surface area contributed by atoms with E-state index in [0.717, 1.165) is 17.2 Å². The molecule has 17 heavy (non-hydrogen) atoms. The molecule has 0 bridgehead atoms. The molecule has 3 unspecified atom stereocenters. The number of anilines is 1. The number of hydrogen-bond donors (Lipinski definition) is 2. The van der Waals surface area contributed by atoms with E-state index < -0.39 is 0 Å². The van der Waals surface area contributed by atoms with Crippen LogP contribution in [0.5, 0.6) is 5.75 Å². The van der Waals surface area contributed by atoms with Crippen molar-refractivity contribution in [2.45, 2.75) is 18.5 Å². The average Bonchev–Trinajstić information content (AvgIpc) is 2.38. The van der Waals surface area contributed by atoms with E-state index in [1.54, 1.807) is 7.11 Å². The third-order valence-corrected chi connectivity index (χ3v) is 4.97. The van der Waals surface area contributed by atoms with E-state index in [4.69, 9.17) is 10.5 Å². The summed E-state index contributed by atoms with van der Waals surface area (Å²) in [6, 6.07) is 6.78. The molecule has 4 heteroatoms. The molecule has 0 radical (unpaired) electrons. The Morgan fingerprint density at radius 1 is 1.47 bits per heavy atom. The van der Waals surface area contributed by atoms with Crippen molar-refractivity contribution >= 4 is 17.4 Å². The molecular weight excluding hydrogens is 232 g/mol. The van der Waals surface area contributed by atoms with Gasteiger partial charge in [-0.1, -0.05) is 12.1 Å². The summed E-state index contributed by atoms with van der Waals surface area (Å²) in [5.74, 6) is 3.85. The lowest BCUT2D eigenvalue weighted by Gasteiger charge is -2.42. The van der Waals surface area contributed by atoms with Crippen LogP contribution in [0.15, 0.2) is 18.2 Å². The summed E-state index contributed by atoms with van der Waals surface area (Å²) in [6.07, 6.45) is 1.19. The van der Waals surface area contributed by atoms with Crippen molar-refractivity contribution < 1.29 is 4.74 Å². The van der Waals surface area contributed by atoms with Gasteiger partial charge in [-0.15, -0.1) is 0 Å². The predicted molar refractivity (Wildman–Crippen MR) is 72.8 cm³/mol. The molecule has 1 aromatic carbocycles. The monoisotopic (exact) mass is 250 g/mol. The number of nitrogens with one attached hydrogen (secondary N) is 1. The van der Waals surface area contributed by atoms with E-state index in [1.807, 2.05) is 23.9 Å². The third-order valence-electron chi connectivity index (χ3n) is 3.83. The van der Waals surface area contributed by atoms with Crippen molar-refractivity contribution in [3.05, 3.63) is 23.8 Å². The van der Waals surface area contributed by atoms with Crippen LogP contribution in [0.25, 0.3) is 0 Å². The van der Waals surface area contributed by atoms with Crippen molar-refractivity contribution in [1.29, 1.82) is 0 Å². The zero-order chi connectivity index (χ0) is 11.8. The molecule has 0 saturated carbocycles. The zero-order valence-corrected chi connectivity index (χ0v) is 10.8. The number of benzene rings is 1. The lowest BCUT2D eigenvalue weighted by Crippen LogP contribution is -2.45. The number of nitrogens with two attached hydrogens (primary N) is 1. The average molecular weight is 250 g/mol. The van der Waals surface area contributed by atoms with Crippen LogP contribution in [-0.4, -0.2) is 24.7 Å². The van der Waals surface area contributed by atoms with Gasteiger partial charge < -0.3 is 15.8 Å². The Morgan fingerprint density at radius 3 is 3.18 bits per heavy atom. The summed E-state index contributed by atoms with van der Waals surface area (Å²) in [4.78, 5) is 0. The minimum atomic E-state index is 0.138. The highest BCUT2D eigenvalue weighted by molar-refractivity contribution is 7.99. The van der Waals surface area contributed by atoms with Crippen LogP contribution in [0.2, 0.25) is 0 Å². The molecule has 0 aromatic heterocycles. The topological polar surface area (TPSA) is 47.3 Å². The van der Waals surface area contributed by atoms with E-state index in [-0.39, 0.29) is 6.04 Å². The molecule has 1 aromatic rings. The summed E-state index contributed by atoms with van der Waals surface area (Å²) in [5, 5.41) is 3.63. The Bertz CT molecular complexity index is 424. The van der Waals surface area contributed by atoms with Gasteiger partial charge in [0, 0.05) is 18.0 Å². The first-order valence-corrected chi connectivity index (χ1v) is 7.23. The normalized spacial score (nSPS) is 31.1. The largest absolute Gasteiger partial charge is 0.495 e. The van der Waals surface area contributed by atoms with E-state index in [0.29, 0.717) is 12.0 Å². The molecule has 0 spiro atoms. The quantitative estimate of drug-likeness (QED) is 0.802. The van der Waals surface area contributed by atoms with E-state index in [1.165, 1.54) is 17.7 Å². The first kappa shape index (κ1) is 11.2. The number of fused-ring (bicyclic) bond motifs is 2. The van der Waals surface area contributed by atoms with Gasteiger partial charge in [0.25, 0.3) is 0 Å². The SMILES string of the molecule is COc1cccc2c1NC1CCSCC1C2N. The van der Waals surface area contributed by atoms with Crippen molar-refractivity contribution in [1.82, 2.24) is 0 Å². The lowest BCUT2D eigenvalue weighted by molar-refractivity contribution is 0.370. The van der Waals surface area contributed by atoms with Crippen LogP contribution in [0.1, 0.15) is 18.0 Å². The minimum Gasteiger partial charge on any atom is -0.495 e. The molecule has 92 valence electrons. The minimum absolute atomic E-state index is 0.138. The second kappa shape index (κ2) is 4.42. The highest BCUT2D eigenvalue weighted by Gasteiger charge is 2.37. The maximum Gasteiger partial charge on any atom is 0.142 e. The van der Waals surface area contributed by atoms with Crippen LogP contribution < -0.4 is 15.8 Å². The number of thioether (sulfide) groups is 1. The first-order chi connectivity index (χ1) is 8.31. The molecular formula is C13H18N2OS. The van der Waals surface area contributed by atoms with Crippen LogP contribution in [-0.2, 0) is 0 Å². The van der Waals surface area contributed by atoms with Gasteiger partial charge in [0.15, 0.2) is 0 Å². The van der Waals surface area contributed by atoms with Gasteiger partial charge >= 0.3 is 0 Å². The van der Waals surface area contributed by atoms with Crippen LogP contribution in [0.4, 0.5) is 5.69 Å². The molecule has 3 atom stereocenters. The van der Waals surface area contributed by atoms with E-state index in [2.05, 4.69) is 11.4 Å². The molecule has 2 heterocycles. The Hall–Kier alpha value is -0.870. The van der Waals surface area contributed by atoms with Crippen molar-refractivity contribution in [3.63, 3.8) is 0 Å². The van der Waals surface area contributed by atoms with Gasteiger partial charge in [0.2, 0.25) is 0 Å². The van der Waals surface area contributed by atoms with E-state index in [9.17, 15) is 0 Å². The molecule has 3 N–H and O–H groups in total. The van der Waals surface area contributed by atoms with Gasteiger partial charge in [0.05, 0.1) is 12.8 Å². The van der Waals surface area contributed by atoms with Gasteiger partial charge in [-0.3, -0.25) is 0 Å². The Labute approximate surface area is 106 Å². The van der Waals surface area contributed by atoms with Gasteiger partial charge in [0.1, 0.15) is 5.75 Å². The highest BCUT2D eigenvalue weighted by Crippen LogP contribution is 2.44. The number of para-hydroxylation sites is 1. The molecule has 3 nitrogen and oxygen atoms in total. The number of rotatable bonds is 1. The molecule has 0 aliphatic carbocycles. The summed E-state index contributed by atoms with van der Waals surface area (Å²) in [5.41, 5.74) is 8.72. The lowest BCUT2D eigenvalue weighted by atomic mass is 9.82. The van der Waals surface area contributed by atoms with Crippen molar-refractivity contribution in [2.75, 3.05) is 23.9 Å². The maximum absolute atomic E-state index is 6.42. The Kier molecular flexibility index (Phi) is 2.92. The van der Waals surface area contributed by atoms with Crippen LogP contribution >= 0.6 is 11.8 Å². The summed E-state index contributed by atoms with van der Waals surface area (Å²) < 4.78 is 5.42. The van der Waals surface area contributed by atoms with Gasteiger partial charge in [-0.05, 0) is 29.6 Å². The molecule has 2 aliphatic rings. The number of methoxy groups -OCH3 is 1. The predicted octanol–water partition coefficient (Wildman–Crippen LogP) is 2.24. The van der Waals surface area contributed by atoms with Crippen LogP contribution in [0.3, 0.4) is 0 Å². The highest BCUT2D eigenvalue weighted by atomic mass is 32.2. The fourth-order valence-electron chi connectivity index (χ4n) is 2.86. The van der Waals surface area contributed by atoms with Crippen molar-refractivity contribution in [3.8, 4) is 5.75 Å². The fourth-order valence-corrected chi connectivity index (χ4v) is 4.16. The zero-order valence-electron chi connectivity index (χ0n) is 9.98. The van der Waals surface area contributed by atoms with Gasteiger partial charge in [-0.25, -0.2) is 0 Å². The Balaban J connectivity index is 2.02. The van der Waals surface area contributed by atoms with Gasteiger partial charge in [-0.2, -0.15) is 11.8 Å². The number of hydrogen-bond acceptors (Lipinski definition) is 4. The smallest absolute Gasteiger partial charge is 0.142 e. The molecule has 3 rings (SSSR count). The fraction of sp³-hybridized carbons (Fsp3) is 0.538. The summed E-state index contributed by atoms with van der Waals surface area (Å²) >= 11 is 2.02. The summed E-state index contributed by atoms with van der Waals surface area (Å²) in [6.45, 7) is 0. The second-order valence-corrected chi connectivity index (χ2v) is 5.88. The molecule has 1 fully saturated rings. The molecule has 2 aliphatic heterocycles. The first-order valence-electron chi connectivity index (χ1n) is 6.08. The number of ether oxygens (including phenoxy) is 1. The van der Waals surface area contributed by atoms with Crippen LogP contribution in [0, 0.1) is 5.92 Å². The summed E-state index contributed by atoms with van der Waals surface area (Å²) in [7, 11) is 1.71. The standard InChI is InChI=1S/C13H18N2OS/c1-16-11-4-2-3-8-12(14)9-7-17-6-5-10(9)15-13(8)11/h2-4,9-10,12,15H,5-7,14H2,1H3. The third kappa shape index (κ3) is 1.79. The Morgan fingerprint density at radius 2 is 2.35 bits per heavy atom. The second-order valence-electron chi connectivity index (χ2n) is 4.73. The molecule has 1 saturated heterocycles.